The molecule has 0 saturated heterocycles. The van der Waals surface area contributed by atoms with Crippen LogP contribution in [0, 0.1) is 30.1 Å². The van der Waals surface area contributed by atoms with E-state index < -0.39 is 16.9 Å². The van der Waals surface area contributed by atoms with Crippen LogP contribution < -0.4 is 5.32 Å². The minimum absolute atomic E-state index is 0.0957. The summed E-state index contributed by atoms with van der Waals surface area (Å²) in [5.41, 5.74) is 0.932. The number of amides is 1. The molecule has 0 spiro atoms. The Kier molecular flexibility index (Phi) is 6.69. The molecule has 4 nitrogen and oxygen atoms in total. The molecular weight excluding hydrogens is 467 g/mol. The fourth-order valence-corrected chi connectivity index (χ4v) is 4.54. The lowest BCUT2D eigenvalue weighted by Gasteiger charge is -2.27. The van der Waals surface area contributed by atoms with Crippen molar-refractivity contribution < 1.29 is 9.90 Å². The van der Waals surface area contributed by atoms with Crippen LogP contribution in [0.4, 0.5) is 5.69 Å². The summed E-state index contributed by atoms with van der Waals surface area (Å²) in [6.07, 6.45) is 1.68. The number of anilines is 1. The van der Waals surface area contributed by atoms with Crippen LogP contribution in [-0.2, 0) is 10.2 Å². The molecule has 0 heterocycles. The van der Waals surface area contributed by atoms with E-state index in [1.165, 1.54) is 12.1 Å². The van der Waals surface area contributed by atoms with Crippen LogP contribution in [0.15, 0.2) is 66.7 Å². The largest absolute Gasteiger partial charge is 0.369 e. The fraction of sp³-hybridized carbons (Fsp3) is 0.214. The summed E-state index contributed by atoms with van der Waals surface area (Å²) in [6.45, 7) is 1.98. The highest BCUT2D eigenvalue weighted by Gasteiger charge is 2.53. The molecule has 1 amide bonds. The van der Waals surface area contributed by atoms with Gasteiger partial charge < -0.3 is 10.4 Å². The molecule has 0 aliphatic heterocycles. The van der Waals surface area contributed by atoms with Crippen LogP contribution >= 0.6 is 23.2 Å². The van der Waals surface area contributed by atoms with Gasteiger partial charge in [-0.1, -0.05) is 70.9 Å². The molecule has 3 aromatic rings. The maximum absolute atomic E-state index is 13.4. The van der Waals surface area contributed by atoms with Crippen LogP contribution in [0.1, 0.15) is 41.5 Å². The Morgan fingerprint density at radius 1 is 1.09 bits per heavy atom. The van der Waals surface area contributed by atoms with Gasteiger partial charge in [0.2, 0.25) is 5.60 Å². The van der Waals surface area contributed by atoms with Crippen LogP contribution in [0.2, 0.25) is 10.0 Å². The predicted molar refractivity (Wildman–Crippen MR) is 135 cm³/mol. The molecule has 1 fully saturated rings. The van der Waals surface area contributed by atoms with Crippen LogP contribution in [0.25, 0.3) is 0 Å². The van der Waals surface area contributed by atoms with Crippen molar-refractivity contribution in [2.75, 3.05) is 5.32 Å². The molecule has 1 aliphatic carbocycles. The number of nitrogens with one attached hydrogen (secondary N) is 1. The molecule has 1 aliphatic rings. The topological polar surface area (TPSA) is 73.1 Å². The van der Waals surface area contributed by atoms with Crippen LogP contribution in [-0.4, -0.2) is 16.6 Å². The average Bonchev–Trinajstić information content (AvgIpc) is 3.59. The van der Waals surface area contributed by atoms with E-state index >= 15 is 0 Å². The average molecular weight is 489 g/mol. The van der Waals surface area contributed by atoms with Gasteiger partial charge in [0.25, 0.3) is 5.91 Å². The van der Waals surface area contributed by atoms with Gasteiger partial charge >= 0.3 is 0 Å². The van der Waals surface area contributed by atoms with E-state index in [2.05, 4.69) is 17.2 Å². The maximum atomic E-state index is 13.4. The number of benzene rings is 3. The lowest BCUT2D eigenvalue weighted by Crippen LogP contribution is -2.44. The monoisotopic (exact) mass is 488 g/mol. The highest BCUT2D eigenvalue weighted by molar-refractivity contribution is 6.32. The molecule has 0 radical (unpaired) electrons. The smallest absolute Gasteiger partial charge is 0.269 e. The van der Waals surface area contributed by atoms with Gasteiger partial charge in [0.15, 0.2) is 0 Å². The first kappa shape index (κ1) is 23.9. The molecule has 170 valence electrons. The minimum Gasteiger partial charge on any atom is -0.369 e. The van der Waals surface area contributed by atoms with Crippen molar-refractivity contribution in [2.24, 2.45) is 0 Å². The third-order valence-electron chi connectivity index (χ3n) is 6.08. The third-order valence-corrected chi connectivity index (χ3v) is 6.72. The van der Waals surface area contributed by atoms with Gasteiger partial charge in [-0.3, -0.25) is 4.79 Å². The zero-order chi connectivity index (χ0) is 24.3. The van der Waals surface area contributed by atoms with E-state index in [0.29, 0.717) is 21.8 Å². The molecule has 0 bridgehead atoms. The summed E-state index contributed by atoms with van der Waals surface area (Å²) in [6, 6.07) is 21.6. The number of halogens is 2. The van der Waals surface area contributed by atoms with E-state index in [-0.39, 0.29) is 11.4 Å². The summed E-state index contributed by atoms with van der Waals surface area (Å²) in [5, 5.41) is 24.3. The van der Waals surface area contributed by atoms with E-state index in [4.69, 9.17) is 28.5 Å². The standard InChI is InChI=1S/C28H22Cl2N2O2/c1-19-6-8-20(9-7-19)12-13-28(34,18-27(14-15-27)23-4-2-3-5-24(23)29)26(33)32-22-11-10-21(17-31)25(30)16-22/h2-11,16,34H,14-15,18H2,1H3,(H,32,33). The van der Waals surface area contributed by atoms with E-state index in [1.807, 2.05) is 61.5 Å². The molecule has 4 rings (SSSR count). The first-order chi connectivity index (χ1) is 16.2. The Morgan fingerprint density at radius 2 is 1.79 bits per heavy atom. The Morgan fingerprint density at radius 3 is 2.41 bits per heavy atom. The van der Waals surface area contributed by atoms with Gasteiger partial charge in [-0.25, -0.2) is 0 Å². The second-order valence-electron chi connectivity index (χ2n) is 8.67. The third kappa shape index (κ3) is 5.11. The Bertz CT molecular complexity index is 1350. The normalized spacial score (nSPS) is 15.3. The lowest BCUT2D eigenvalue weighted by atomic mass is 9.82. The van der Waals surface area contributed by atoms with Crippen LogP contribution in [0.5, 0.6) is 0 Å². The number of aliphatic hydroxyl groups is 1. The van der Waals surface area contributed by atoms with Gasteiger partial charge in [-0.05, 0) is 61.7 Å². The summed E-state index contributed by atoms with van der Waals surface area (Å²) >= 11 is 12.6. The molecular formula is C28H22Cl2N2O2. The van der Waals surface area contributed by atoms with Crippen molar-refractivity contribution in [3.8, 4) is 17.9 Å². The van der Waals surface area contributed by atoms with Gasteiger partial charge in [0, 0.05) is 28.1 Å². The summed E-state index contributed by atoms with van der Waals surface area (Å²) < 4.78 is 0. The number of rotatable bonds is 5. The number of carbonyl (C=O) groups excluding carboxylic acids is 1. The van der Waals surface area contributed by atoms with Crippen molar-refractivity contribution in [2.45, 2.75) is 37.2 Å². The van der Waals surface area contributed by atoms with Gasteiger partial charge in [0.1, 0.15) is 6.07 Å². The Balaban J connectivity index is 1.68. The molecule has 1 atom stereocenters. The summed E-state index contributed by atoms with van der Waals surface area (Å²) in [4.78, 5) is 13.4. The van der Waals surface area contributed by atoms with E-state index in [1.54, 1.807) is 6.07 Å². The molecule has 34 heavy (non-hydrogen) atoms. The summed E-state index contributed by atoms with van der Waals surface area (Å²) in [7, 11) is 0. The number of nitrogens with zero attached hydrogens (tertiary/aromatic N) is 1. The predicted octanol–water partition coefficient (Wildman–Crippen LogP) is 6.02. The van der Waals surface area contributed by atoms with Crippen molar-refractivity contribution in [1.29, 1.82) is 5.26 Å². The SMILES string of the molecule is Cc1ccc(C#CC(O)(CC2(c3ccccc3Cl)CC2)C(=O)Nc2ccc(C#N)c(Cl)c2)cc1. The zero-order valence-electron chi connectivity index (χ0n) is 18.5. The Hall–Kier alpha value is -3.28. The lowest BCUT2D eigenvalue weighted by molar-refractivity contribution is -0.129. The molecule has 6 heteroatoms. The Labute approximate surface area is 209 Å². The first-order valence-electron chi connectivity index (χ1n) is 10.8. The quantitative estimate of drug-likeness (QED) is 0.431. The number of hydrogen-bond acceptors (Lipinski definition) is 3. The number of carbonyl (C=O) groups is 1. The minimum atomic E-state index is -1.99. The number of aryl methyl sites for hydroxylation is 1. The maximum Gasteiger partial charge on any atom is 0.269 e. The van der Waals surface area contributed by atoms with E-state index in [9.17, 15) is 9.90 Å². The van der Waals surface area contributed by atoms with Gasteiger partial charge in [-0.2, -0.15) is 5.26 Å². The molecule has 1 saturated carbocycles. The van der Waals surface area contributed by atoms with Crippen molar-refractivity contribution in [1.82, 2.24) is 0 Å². The fourth-order valence-electron chi connectivity index (χ4n) is 3.98. The second kappa shape index (κ2) is 9.53. The molecule has 1 unspecified atom stereocenters. The first-order valence-corrected chi connectivity index (χ1v) is 11.6. The second-order valence-corrected chi connectivity index (χ2v) is 9.49. The molecule has 0 aromatic heterocycles. The van der Waals surface area contributed by atoms with Crippen molar-refractivity contribution >= 4 is 34.8 Å². The number of nitriles is 1. The van der Waals surface area contributed by atoms with Gasteiger partial charge in [0.05, 0.1) is 10.6 Å². The number of hydrogen-bond donors (Lipinski definition) is 2. The molecule has 3 aromatic carbocycles. The highest BCUT2D eigenvalue weighted by atomic mass is 35.5. The highest BCUT2D eigenvalue weighted by Crippen LogP contribution is 2.55. The van der Waals surface area contributed by atoms with Crippen molar-refractivity contribution in [3.63, 3.8) is 0 Å². The molecule has 2 N–H and O–H groups in total. The van der Waals surface area contributed by atoms with Crippen LogP contribution in [0.3, 0.4) is 0 Å². The summed E-state index contributed by atoms with van der Waals surface area (Å²) in [5.74, 6) is 5.14. The van der Waals surface area contributed by atoms with E-state index in [0.717, 1.165) is 24.0 Å². The van der Waals surface area contributed by atoms with Crippen molar-refractivity contribution in [3.05, 3.63) is 99.0 Å². The van der Waals surface area contributed by atoms with Gasteiger partial charge in [-0.15, -0.1) is 0 Å². The zero-order valence-corrected chi connectivity index (χ0v) is 20.0.